The molecule has 0 aliphatic carbocycles. The zero-order valence-corrected chi connectivity index (χ0v) is 18.7. The van der Waals surface area contributed by atoms with Gasteiger partial charge in [-0.15, -0.1) is 12.3 Å². The molecule has 0 saturated carbocycles. The number of amides is 1. The highest BCUT2D eigenvalue weighted by atomic mass is 16.4. The summed E-state index contributed by atoms with van der Waals surface area (Å²) in [5.74, 6) is 0.185. The number of nitrogen functional groups attached to an aromatic ring is 2. The van der Waals surface area contributed by atoms with Crippen molar-refractivity contribution >= 4 is 46.8 Å². The lowest BCUT2D eigenvalue weighted by atomic mass is 9.89. The van der Waals surface area contributed by atoms with E-state index < -0.39 is 23.9 Å². The smallest absolute Gasteiger partial charge is 0.326 e. The van der Waals surface area contributed by atoms with E-state index in [0.29, 0.717) is 30.9 Å². The van der Waals surface area contributed by atoms with Gasteiger partial charge in [0, 0.05) is 30.0 Å². The number of carboxylic acid groups (broad SMARTS) is 2. The van der Waals surface area contributed by atoms with Crippen LogP contribution in [0.1, 0.15) is 47.5 Å². The second-order valence-electron chi connectivity index (χ2n) is 7.92. The van der Waals surface area contributed by atoms with Crippen molar-refractivity contribution in [2.24, 2.45) is 4.99 Å². The van der Waals surface area contributed by atoms with Gasteiger partial charge < -0.3 is 32.3 Å². The van der Waals surface area contributed by atoms with Gasteiger partial charge in [0.2, 0.25) is 5.95 Å². The molecule has 2 heterocycles. The molecule has 12 nitrogen and oxygen atoms in total. The summed E-state index contributed by atoms with van der Waals surface area (Å²) in [5.41, 5.74) is 13.9. The number of terminal acetylenes is 1. The molecule has 1 amide bonds. The summed E-state index contributed by atoms with van der Waals surface area (Å²) >= 11 is 0. The number of nitrogens with zero attached hydrogens (tertiary/aromatic N) is 3. The molecule has 0 bridgehead atoms. The van der Waals surface area contributed by atoms with Gasteiger partial charge in [0.15, 0.2) is 11.6 Å². The van der Waals surface area contributed by atoms with Gasteiger partial charge in [0.05, 0.1) is 6.54 Å². The average Bonchev–Trinajstić information content (AvgIpc) is 2.81. The number of rotatable bonds is 10. The van der Waals surface area contributed by atoms with E-state index in [9.17, 15) is 19.5 Å². The number of carboxylic acids is 2. The zero-order chi connectivity index (χ0) is 25.5. The Hall–Kier alpha value is -4.66. The number of nitrogens with one attached hydrogen (secondary N) is 2. The lowest BCUT2D eigenvalue weighted by Crippen LogP contribution is -2.41. The van der Waals surface area contributed by atoms with Gasteiger partial charge in [-0.05, 0) is 30.5 Å². The first kappa shape index (κ1) is 25.0. The number of nitrogens with two attached hydrogens (primary N) is 2. The van der Waals surface area contributed by atoms with Crippen molar-refractivity contribution < 1.29 is 24.6 Å². The highest BCUT2D eigenvalue weighted by molar-refractivity contribution is 5.98. The summed E-state index contributed by atoms with van der Waals surface area (Å²) in [6.45, 7) is 0.428. The van der Waals surface area contributed by atoms with E-state index in [0.717, 1.165) is 11.3 Å². The third-order valence-corrected chi connectivity index (χ3v) is 5.40. The number of aliphatic imine (C=N–C) groups is 1. The van der Waals surface area contributed by atoms with Crippen LogP contribution < -0.4 is 22.1 Å². The zero-order valence-electron chi connectivity index (χ0n) is 18.7. The number of benzene rings is 1. The first-order chi connectivity index (χ1) is 16.7. The van der Waals surface area contributed by atoms with E-state index in [1.807, 2.05) is 0 Å². The maximum absolute atomic E-state index is 12.5. The summed E-state index contributed by atoms with van der Waals surface area (Å²) < 4.78 is 0. The molecule has 12 heteroatoms. The largest absolute Gasteiger partial charge is 0.481 e. The fourth-order valence-electron chi connectivity index (χ4n) is 3.63. The van der Waals surface area contributed by atoms with Gasteiger partial charge in [0.25, 0.3) is 5.91 Å². The normalized spacial score (nSPS) is 13.9. The van der Waals surface area contributed by atoms with Crippen LogP contribution >= 0.6 is 0 Å². The SMILES string of the molecule is C#CCC(CC1=Nc2c(N)nc(N)nc2NC1)c1ccc(C(=O)N[C@@H](CCC(=O)O)C(=O)O)cc1. The molecule has 3 rings (SSSR count). The molecule has 1 aromatic carbocycles. The molecule has 1 aliphatic rings. The number of aliphatic carboxylic acids is 2. The number of aromatic nitrogens is 2. The summed E-state index contributed by atoms with van der Waals surface area (Å²) in [7, 11) is 0. The maximum Gasteiger partial charge on any atom is 0.326 e. The number of carbonyl (C=O) groups excluding carboxylic acids is 1. The Bertz CT molecular complexity index is 1200. The van der Waals surface area contributed by atoms with Crippen molar-refractivity contribution in [2.75, 3.05) is 23.3 Å². The molecule has 1 unspecified atom stereocenters. The number of hydrogen-bond donors (Lipinski definition) is 6. The average molecular weight is 479 g/mol. The van der Waals surface area contributed by atoms with Crippen LogP contribution in [0, 0.1) is 12.3 Å². The van der Waals surface area contributed by atoms with Crippen LogP contribution in [-0.4, -0.2) is 56.3 Å². The minimum Gasteiger partial charge on any atom is -0.481 e. The van der Waals surface area contributed by atoms with Crippen LogP contribution in [0.5, 0.6) is 0 Å². The van der Waals surface area contributed by atoms with Crippen LogP contribution in [0.25, 0.3) is 0 Å². The molecular weight excluding hydrogens is 454 g/mol. The van der Waals surface area contributed by atoms with Crippen molar-refractivity contribution in [2.45, 2.75) is 37.6 Å². The van der Waals surface area contributed by atoms with E-state index in [1.165, 1.54) is 0 Å². The molecule has 8 N–H and O–H groups in total. The quantitative estimate of drug-likeness (QED) is 0.270. The molecule has 0 saturated heterocycles. The predicted molar refractivity (Wildman–Crippen MR) is 129 cm³/mol. The minimum atomic E-state index is -1.31. The maximum atomic E-state index is 12.5. The Kier molecular flexibility index (Phi) is 7.83. The Morgan fingerprint density at radius 3 is 2.51 bits per heavy atom. The highest BCUT2D eigenvalue weighted by Gasteiger charge is 2.23. The van der Waals surface area contributed by atoms with Crippen LogP contribution in [0.2, 0.25) is 0 Å². The van der Waals surface area contributed by atoms with Gasteiger partial charge in [-0.1, -0.05) is 12.1 Å². The van der Waals surface area contributed by atoms with Gasteiger partial charge >= 0.3 is 11.9 Å². The molecule has 182 valence electrons. The Labute approximate surface area is 200 Å². The molecule has 35 heavy (non-hydrogen) atoms. The van der Waals surface area contributed by atoms with Gasteiger partial charge in [-0.2, -0.15) is 9.97 Å². The van der Waals surface area contributed by atoms with Crippen molar-refractivity contribution in [1.29, 1.82) is 0 Å². The van der Waals surface area contributed by atoms with E-state index in [-0.39, 0.29) is 36.1 Å². The van der Waals surface area contributed by atoms with Crippen LogP contribution in [-0.2, 0) is 9.59 Å². The Morgan fingerprint density at radius 2 is 1.89 bits per heavy atom. The fraction of sp³-hybridized carbons (Fsp3) is 0.304. The van der Waals surface area contributed by atoms with Gasteiger partial charge in [0.1, 0.15) is 11.7 Å². The number of anilines is 3. The number of fused-ring (bicyclic) bond motifs is 1. The van der Waals surface area contributed by atoms with Crippen LogP contribution in [0.3, 0.4) is 0 Å². The Balaban J connectivity index is 1.73. The predicted octanol–water partition coefficient (Wildman–Crippen LogP) is 1.38. The number of hydrogen-bond acceptors (Lipinski definition) is 9. The molecular formula is C23H25N7O5. The third-order valence-electron chi connectivity index (χ3n) is 5.40. The highest BCUT2D eigenvalue weighted by Crippen LogP contribution is 2.34. The van der Waals surface area contributed by atoms with E-state index in [4.69, 9.17) is 23.0 Å². The first-order valence-electron chi connectivity index (χ1n) is 10.7. The molecule has 2 atom stereocenters. The monoisotopic (exact) mass is 479 g/mol. The van der Waals surface area contributed by atoms with Crippen molar-refractivity contribution in [1.82, 2.24) is 15.3 Å². The topological polar surface area (TPSA) is 206 Å². The molecule has 0 radical (unpaired) electrons. The summed E-state index contributed by atoms with van der Waals surface area (Å²) in [5, 5.41) is 23.5. The molecule has 0 fully saturated rings. The lowest BCUT2D eigenvalue weighted by Gasteiger charge is -2.21. The first-order valence-corrected chi connectivity index (χ1v) is 10.7. The summed E-state index contributed by atoms with van der Waals surface area (Å²) in [6.07, 6.45) is 5.91. The molecule has 1 aliphatic heterocycles. The van der Waals surface area contributed by atoms with E-state index >= 15 is 0 Å². The van der Waals surface area contributed by atoms with Crippen molar-refractivity contribution in [3.8, 4) is 12.3 Å². The van der Waals surface area contributed by atoms with Gasteiger partial charge in [-0.3, -0.25) is 9.59 Å². The second-order valence-corrected chi connectivity index (χ2v) is 7.92. The van der Waals surface area contributed by atoms with Crippen molar-refractivity contribution in [3.05, 3.63) is 35.4 Å². The fourth-order valence-corrected chi connectivity index (χ4v) is 3.63. The Morgan fingerprint density at radius 1 is 1.17 bits per heavy atom. The van der Waals surface area contributed by atoms with Crippen molar-refractivity contribution in [3.63, 3.8) is 0 Å². The van der Waals surface area contributed by atoms with E-state index in [2.05, 4.69) is 31.5 Å². The lowest BCUT2D eigenvalue weighted by molar-refractivity contribution is -0.140. The summed E-state index contributed by atoms with van der Waals surface area (Å²) in [6, 6.07) is 5.31. The summed E-state index contributed by atoms with van der Waals surface area (Å²) in [4.78, 5) is 47.1. The van der Waals surface area contributed by atoms with Gasteiger partial charge in [-0.25, -0.2) is 9.79 Å². The van der Waals surface area contributed by atoms with Crippen LogP contribution in [0.15, 0.2) is 29.3 Å². The van der Waals surface area contributed by atoms with E-state index in [1.54, 1.807) is 24.3 Å². The van der Waals surface area contributed by atoms with Crippen LogP contribution in [0.4, 0.5) is 23.3 Å². The molecule has 1 aromatic heterocycles. The molecule has 0 spiro atoms. The second kappa shape index (κ2) is 11.0. The standard InChI is InChI=1S/C23H25N7O5/c1-2-3-14(10-15-11-26-20-18(27-15)19(24)29-23(25)30-20)12-4-6-13(7-5-12)21(33)28-16(22(34)35)8-9-17(31)32/h1,4-7,14,16H,3,8-11H2,(H,28,33)(H,31,32)(H,34,35)(H5,24,25,26,29,30)/t14?,16-/m0/s1. The molecule has 2 aromatic rings. The third kappa shape index (κ3) is 6.44. The minimum absolute atomic E-state index is 0.0540. The number of carbonyl (C=O) groups is 3.